The number of hydrogen-bond donors (Lipinski definition) is 1. The van der Waals surface area contributed by atoms with Crippen molar-refractivity contribution in [2.75, 3.05) is 13.1 Å². The van der Waals surface area contributed by atoms with Crippen molar-refractivity contribution in [3.63, 3.8) is 0 Å². The molecule has 1 aromatic rings. The number of fused-ring (bicyclic) bond motifs is 1. The number of H-pyrrole nitrogens is 1. The highest BCUT2D eigenvalue weighted by Gasteiger charge is 2.32. The Balaban J connectivity index is 1.83. The monoisotopic (exact) mass is 360 g/mol. The van der Waals surface area contributed by atoms with Crippen LogP contribution in [0.25, 0.3) is 0 Å². The topological polar surface area (TPSA) is 86.4 Å². The van der Waals surface area contributed by atoms with E-state index in [4.69, 9.17) is 4.98 Å². The molecule has 3 heterocycles. The van der Waals surface area contributed by atoms with E-state index in [1.165, 1.54) is 0 Å². The quantitative estimate of drug-likeness (QED) is 0.869. The Labute approximate surface area is 153 Å². The van der Waals surface area contributed by atoms with E-state index in [1.54, 1.807) is 4.90 Å². The zero-order valence-electron chi connectivity index (χ0n) is 15.7. The fourth-order valence-electron chi connectivity index (χ4n) is 3.89. The second-order valence-corrected chi connectivity index (χ2v) is 7.19. The maximum atomic E-state index is 12.6. The standard InChI is InChI=1S/C19H28N4O3/c1-3-6-16(24)22-11-9-14-13(12-22)19(26)21-18(20-14)15-8-5-10-23(15)17(25)7-4-2/h15H,3-12H2,1-2H3,(H,20,21,26). The second-order valence-electron chi connectivity index (χ2n) is 7.19. The van der Waals surface area contributed by atoms with Gasteiger partial charge in [0.15, 0.2) is 0 Å². The first-order valence-electron chi connectivity index (χ1n) is 9.74. The number of likely N-dealkylation sites (tertiary alicyclic amines) is 1. The SMILES string of the molecule is CCCC(=O)N1CCc2nc(C3CCCN3C(=O)CCC)[nH]c(=O)c2C1. The molecule has 7 heteroatoms. The Morgan fingerprint density at radius 3 is 2.62 bits per heavy atom. The lowest BCUT2D eigenvalue weighted by atomic mass is 10.1. The van der Waals surface area contributed by atoms with Gasteiger partial charge in [0, 0.05) is 32.4 Å². The fourth-order valence-corrected chi connectivity index (χ4v) is 3.89. The van der Waals surface area contributed by atoms with Crippen LogP contribution in [0.4, 0.5) is 0 Å². The molecule has 2 aliphatic rings. The van der Waals surface area contributed by atoms with Crippen molar-refractivity contribution in [2.45, 2.75) is 71.4 Å². The van der Waals surface area contributed by atoms with Crippen molar-refractivity contribution in [1.82, 2.24) is 19.8 Å². The zero-order valence-corrected chi connectivity index (χ0v) is 15.7. The highest BCUT2D eigenvalue weighted by molar-refractivity contribution is 5.77. The number of rotatable bonds is 5. The number of nitrogens with one attached hydrogen (secondary N) is 1. The van der Waals surface area contributed by atoms with Crippen LogP contribution in [-0.4, -0.2) is 44.7 Å². The molecule has 0 radical (unpaired) electrons. The summed E-state index contributed by atoms with van der Waals surface area (Å²) in [6.07, 6.45) is 5.02. The van der Waals surface area contributed by atoms with Gasteiger partial charge in [0.2, 0.25) is 11.8 Å². The third-order valence-corrected chi connectivity index (χ3v) is 5.26. The van der Waals surface area contributed by atoms with E-state index in [0.29, 0.717) is 43.7 Å². The minimum absolute atomic E-state index is 0.0914. The van der Waals surface area contributed by atoms with Gasteiger partial charge in [0.25, 0.3) is 5.56 Å². The van der Waals surface area contributed by atoms with Crippen molar-refractivity contribution in [3.8, 4) is 0 Å². The molecule has 1 saturated heterocycles. The minimum Gasteiger partial charge on any atom is -0.338 e. The molecule has 1 unspecified atom stereocenters. The lowest BCUT2D eigenvalue weighted by molar-refractivity contribution is -0.133. The molecule has 0 bridgehead atoms. The summed E-state index contributed by atoms with van der Waals surface area (Å²) in [6, 6.07) is -0.133. The van der Waals surface area contributed by atoms with Crippen LogP contribution in [0, 0.1) is 0 Å². The van der Waals surface area contributed by atoms with Crippen LogP contribution in [-0.2, 0) is 22.6 Å². The number of carbonyl (C=O) groups excluding carboxylic acids is 2. The van der Waals surface area contributed by atoms with E-state index in [9.17, 15) is 14.4 Å². The summed E-state index contributed by atoms with van der Waals surface area (Å²) in [5, 5.41) is 0. The summed E-state index contributed by atoms with van der Waals surface area (Å²) in [4.78, 5) is 48.3. The largest absolute Gasteiger partial charge is 0.338 e. The van der Waals surface area contributed by atoms with Crippen molar-refractivity contribution >= 4 is 11.8 Å². The van der Waals surface area contributed by atoms with Crippen molar-refractivity contribution in [2.24, 2.45) is 0 Å². The van der Waals surface area contributed by atoms with Crippen molar-refractivity contribution in [1.29, 1.82) is 0 Å². The molecular weight excluding hydrogens is 332 g/mol. The molecule has 7 nitrogen and oxygen atoms in total. The van der Waals surface area contributed by atoms with Crippen LogP contribution in [0.3, 0.4) is 0 Å². The molecule has 2 amide bonds. The van der Waals surface area contributed by atoms with E-state index >= 15 is 0 Å². The normalized spacial score (nSPS) is 19.5. The molecule has 0 aromatic carbocycles. The molecule has 1 fully saturated rings. The first-order chi connectivity index (χ1) is 12.5. The molecule has 26 heavy (non-hydrogen) atoms. The molecule has 2 aliphatic heterocycles. The predicted molar refractivity (Wildman–Crippen MR) is 97.5 cm³/mol. The number of amides is 2. The second kappa shape index (κ2) is 8.01. The molecule has 1 N–H and O–H groups in total. The Hall–Kier alpha value is -2.18. The first-order valence-corrected chi connectivity index (χ1v) is 9.74. The Morgan fingerprint density at radius 1 is 1.15 bits per heavy atom. The van der Waals surface area contributed by atoms with Gasteiger partial charge in [-0.3, -0.25) is 14.4 Å². The molecule has 142 valence electrons. The maximum absolute atomic E-state index is 12.6. The smallest absolute Gasteiger partial charge is 0.256 e. The van der Waals surface area contributed by atoms with E-state index in [-0.39, 0.29) is 23.4 Å². The number of aromatic nitrogens is 2. The van der Waals surface area contributed by atoms with Crippen LogP contribution in [0.15, 0.2) is 4.79 Å². The Morgan fingerprint density at radius 2 is 1.88 bits per heavy atom. The summed E-state index contributed by atoms with van der Waals surface area (Å²) >= 11 is 0. The van der Waals surface area contributed by atoms with E-state index in [2.05, 4.69) is 4.98 Å². The fraction of sp³-hybridized carbons (Fsp3) is 0.684. The Bertz CT molecular complexity index is 743. The average molecular weight is 360 g/mol. The third kappa shape index (κ3) is 3.66. The van der Waals surface area contributed by atoms with Crippen LogP contribution < -0.4 is 5.56 Å². The summed E-state index contributed by atoms with van der Waals surface area (Å²) in [5.41, 5.74) is 1.20. The Kier molecular flexibility index (Phi) is 5.74. The van der Waals surface area contributed by atoms with Gasteiger partial charge >= 0.3 is 0 Å². The van der Waals surface area contributed by atoms with Crippen molar-refractivity contribution < 1.29 is 9.59 Å². The molecule has 0 saturated carbocycles. The van der Waals surface area contributed by atoms with E-state index in [0.717, 1.165) is 37.9 Å². The van der Waals surface area contributed by atoms with Gasteiger partial charge < -0.3 is 14.8 Å². The van der Waals surface area contributed by atoms with Gasteiger partial charge in [-0.05, 0) is 25.7 Å². The molecular formula is C19H28N4O3. The van der Waals surface area contributed by atoms with Crippen LogP contribution in [0.2, 0.25) is 0 Å². The number of nitrogens with zero attached hydrogens (tertiary/aromatic N) is 3. The molecule has 1 atom stereocenters. The number of aromatic amines is 1. The van der Waals surface area contributed by atoms with Crippen LogP contribution >= 0.6 is 0 Å². The summed E-state index contributed by atoms with van der Waals surface area (Å²) in [6.45, 7) is 5.63. The minimum atomic E-state index is -0.172. The lowest BCUT2D eigenvalue weighted by Crippen LogP contribution is -2.40. The number of carbonyl (C=O) groups is 2. The van der Waals surface area contributed by atoms with Gasteiger partial charge in [0.05, 0.1) is 23.8 Å². The van der Waals surface area contributed by atoms with Crippen LogP contribution in [0.5, 0.6) is 0 Å². The molecule has 0 aliphatic carbocycles. The van der Waals surface area contributed by atoms with E-state index < -0.39 is 0 Å². The maximum Gasteiger partial charge on any atom is 0.256 e. The summed E-state index contributed by atoms with van der Waals surface area (Å²) in [5.74, 6) is 0.824. The average Bonchev–Trinajstić information content (AvgIpc) is 3.11. The third-order valence-electron chi connectivity index (χ3n) is 5.26. The van der Waals surface area contributed by atoms with E-state index in [1.807, 2.05) is 18.7 Å². The lowest BCUT2D eigenvalue weighted by Gasteiger charge is -2.29. The highest BCUT2D eigenvalue weighted by atomic mass is 16.2. The molecule has 3 rings (SSSR count). The molecule has 1 aromatic heterocycles. The first kappa shape index (κ1) is 18.6. The van der Waals surface area contributed by atoms with Crippen LogP contribution in [0.1, 0.15) is 75.5 Å². The summed E-state index contributed by atoms with van der Waals surface area (Å²) < 4.78 is 0. The van der Waals surface area contributed by atoms with Gasteiger partial charge in [-0.25, -0.2) is 4.98 Å². The number of hydrogen-bond acceptors (Lipinski definition) is 4. The van der Waals surface area contributed by atoms with Gasteiger partial charge in [-0.2, -0.15) is 0 Å². The highest BCUT2D eigenvalue weighted by Crippen LogP contribution is 2.30. The van der Waals surface area contributed by atoms with Gasteiger partial charge in [-0.15, -0.1) is 0 Å². The van der Waals surface area contributed by atoms with Gasteiger partial charge in [0.1, 0.15) is 5.82 Å². The van der Waals surface area contributed by atoms with Crippen molar-refractivity contribution in [3.05, 3.63) is 27.4 Å². The zero-order chi connectivity index (χ0) is 18.7. The molecule has 0 spiro atoms. The van der Waals surface area contributed by atoms with Gasteiger partial charge in [-0.1, -0.05) is 13.8 Å². The predicted octanol–water partition coefficient (Wildman–Crippen LogP) is 1.92. The summed E-state index contributed by atoms with van der Waals surface area (Å²) in [7, 11) is 0.